The van der Waals surface area contributed by atoms with E-state index in [0.29, 0.717) is 18.5 Å². The number of rotatable bonds is 10. The second kappa shape index (κ2) is 11.8. The van der Waals surface area contributed by atoms with Gasteiger partial charge in [-0.15, -0.1) is 0 Å². The van der Waals surface area contributed by atoms with Crippen LogP contribution in [0.5, 0.6) is 0 Å². The van der Waals surface area contributed by atoms with E-state index in [0.717, 1.165) is 44.5 Å². The maximum atomic E-state index is 13.8. The maximum Gasteiger partial charge on any atom is 0.250 e. The summed E-state index contributed by atoms with van der Waals surface area (Å²) in [5, 5.41) is 3.30. The van der Waals surface area contributed by atoms with Gasteiger partial charge in [-0.1, -0.05) is 51.3 Å². The van der Waals surface area contributed by atoms with Crippen LogP contribution in [0.2, 0.25) is 0 Å². The van der Waals surface area contributed by atoms with Crippen LogP contribution in [0.25, 0.3) is 0 Å². The molecule has 0 aromatic rings. The van der Waals surface area contributed by atoms with Crippen LogP contribution in [0.4, 0.5) is 0 Å². The zero-order chi connectivity index (χ0) is 24.9. The normalized spacial score (nSPS) is 30.2. The number of fused-ring (bicyclic) bond motifs is 2. The molecule has 0 bridgehead atoms. The molecule has 1 saturated heterocycles. The number of hydrogen-bond acceptors (Lipinski definition) is 4. The number of nitrogens with zero attached hydrogens (tertiary/aromatic N) is 3. The molecule has 2 amide bonds. The van der Waals surface area contributed by atoms with Gasteiger partial charge in [0.2, 0.25) is 11.8 Å². The van der Waals surface area contributed by atoms with Gasteiger partial charge in [0.15, 0.2) is 0 Å². The van der Waals surface area contributed by atoms with Gasteiger partial charge in [0.05, 0.1) is 12.0 Å². The summed E-state index contributed by atoms with van der Waals surface area (Å²) in [4.78, 5) is 34.0. The van der Waals surface area contributed by atoms with Crippen molar-refractivity contribution in [1.82, 2.24) is 20.0 Å². The van der Waals surface area contributed by atoms with Gasteiger partial charge in [0, 0.05) is 50.3 Å². The number of carbonyl (C=O) groups is 2. The number of piperidine rings is 1. The van der Waals surface area contributed by atoms with E-state index in [-0.39, 0.29) is 29.7 Å². The number of likely N-dealkylation sites (N-methyl/N-ethyl adjacent to an activating group) is 1. The van der Waals surface area contributed by atoms with Crippen molar-refractivity contribution >= 4 is 11.8 Å². The third-order valence-corrected chi connectivity index (χ3v) is 8.86. The third kappa shape index (κ3) is 5.37. The quantitative estimate of drug-likeness (QED) is 0.479. The van der Waals surface area contributed by atoms with E-state index in [1.54, 1.807) is 0 Å². The summed E-state index contributed by atoms with van der Waals surface area (Å²) < 4.78 is 0. The predicted octanol–water partition coefficient (Wildman–Crippen LogP) is 3.96. The second-order valence-electron chi connectivity index (χ2n) is 11.0. The Hall–Kier alpha value is -2.08. The molecule has 4 unspecified atom stereocenters. The van der Waals surface area contributed by atoms with Crippen molar-refractivity contribution in [1.29, 1.82) is 0 Å². The van der Waals surface area contributed by atoms with Crippen molar-refractivity contribution in [3.8, 4) is 0 Å². The molecule has 0 spiro atoms. The Morgan fingerprint density at radius 1 is 1.11 bits per heavy atom. The Labute approximate surface area is 212 Å². The molecule has 2 aliphatic carbocycles. The molecular formula is C29H46N4O2. The second-order valence-corrected chi connectivity index (χ2v) is 11.0. The van der Waals surface area contributed by atoms with Crippen molar-refractivity contribution in [2.45, 2.75) is 77.3 Å². The van der Waals surface area contributed by atoms with Crippen LogP contribution in [0.15, 0.2) is 35.6 Å². The van der Waals surface area contributed by atoms with Gasteiger partial charge in [-0.2, -0.15) is 0 Å². The molecule has 0 aromatic carbocycles. The molecular weight excluding hydrogens is 436 g/mol. The molecule has 6 heteroatoms. The van der Waals surface area contributed by atoms with Crippen LogP contribution in [-0.4, -0.2) is 78.9 Å². The van der Waals surface area contributed by atoms with Crippen molar-refractivity contribution in [3.05, 3.63) is 35.6 Å². The van der Waals surface area contributed by atoms with Gasteiger partial charge in [-0.3, -0.25) is 9.59 Å². The van der Waals surface area contributed by atoms with Gasteiger partial charge in [-0.05, 0) is 57.3 Å². The van der Waals surface area contributed by atoms with Crippen LogP contribution < -0.4 is 5.32 Å². The monoisotopic (exact) mass is 482 g/mol. The minimum atomic E-state index is -0.239. The number of allylic oxidation sites excluding steroid dienone is 3. The van der Waals surface area contributed by atoms with Crippen molar-refractivity contribution in [3.63, 3.8) is 0 Å². The molecule has 4 rings (SSSR count). The zero-order valence-electron chi connectivity index (χ0n) is 22.3. The molecule has 1 N–H and O–H groups in total. The first-order valence-electron chi connectivity index (χ1n) is 14.0. The van der Waals surface area contributed by atoms with Crippen LogP contribution in [0.3, 0.4) is 0 Å². The lowest BCUT2D eigenvalue weighted by molar-refractivity contribution is -0.138. The summed E-state index contributed by atoms with van der Waals surface area (Å²) in [5.74, 6) is 0.368. The fourth-order valence-corrected chi connectivity index (χ4v) is 6.92. The predicted molar refractivity (Wildman–Crippen MR) is 142 cm³/mol. The van der Waals surface area contributed by atoms with E-state index < -0.39 is 0 Å². The van der Waals surface area contributed by atoms with Crippen molar-refractivity contribution in [2.75, 3.05) is 40.3 Å². The largest absolute Gasteiger partial charge is 0.377 e. The first-order valence-corrected chi connectivity index (χ1v) is 14.0. The van der Waals surface area contributed by atoms with E-state index in [2.05, 4.69) is 48.3 Å². The van der Waals surface area contributed by atoms with Crippen LogP contribution >= 0.6 is 0 Å². The fourth-order valence-electron chi connectivity index (χ4n) is 6.92. The minimum absolute atomic E-state index is 0.0424. The molecule has 194 valence electrons. The number of likely N-dealkylation sites (tertiary alicyclic amines) is 1. The molecule has 0 radical (unpaired) electrons. The average Bonchev–Trinajstić information content (AvgIpc) is 3.21. The number of hydrogen-bond donors (Lipinski definition) is 1. The minimum Gasteiger partial charge on any atom is -0.377 e. The van der Waals surface area contributed by atoms with Crippen molar-refractivity contribution < 1.29 is 9.59 Å². The molecule has 5 atom stereocenters. The summed E-state index contributed by atoms with van der Waals surface area (Å²) >= 11 is 0. The summed E-state index contributed by atoms with van der Waals surface area (Å²) in [7, 11) is 4.08. The van der Waals surface area contributed by atoms with E-state index >= 15 is 0 Å². The van der Waals surface area contributed by atoms with E-state index in [4.69, 9.17) is 0 Å². The Kier molecular flexibility index (Phi) is 8.74. The van der Waals surface area contributed by atoms with E-state index in [1.165, 1.54) is 37.7 Å². The first-order chi connectivity index (χ1) is 17.0. The summed E-state index contributed by atoms with van der Waals surface area (Å²) in [6, 6.07) is 0.348. The topological polar surface area (TPSA) is 55.9 Å². The maximum absolute atomic E-state index is 13.8. The number of carbonyl (C=O) groups excluding carboxylic acids is 2. The highest BCUT2D eigenvalue weighted by molar-refractivity contribution is 5.98. The van der Waals surface area contributed by atoms with E-state index in [1.807, 2.05) is 24.1 Å². The molecule has 35 heavy (non-hydrogen) atoms. The third-order valence-electron chi connectivity index (χ3n) is 8.86. The highest BCUT2D eigenvalue weighted by Crippen LogP contribution is 2.47. The van der Waals surface area contributed by atoms with Crippen molar-refractivity contribution in [2.24, 2.45) is 17.8 Å². The smallest absolute Gasteiger partial charge is 0.250 e. The number of amides is 2. The lowest BCUT2D eigenvalue weighted by Gasteiger charge is -2.46. The molecule has 0 aromatic heterocycles. The summed E-state index contributed by atoms with van der Waals surface area (Å²) in [6.45, 7) is 8.33. The fraction of sp³-hybridized carbons (Fsp3) is 0.724. The van der Waals surface area contributed by atoms with Gasteiger partial charge in [0.1, 0.15) is 0 Å². The molecule has 6 nitrogen and oxygen atoms in total. The SMILES string of the molecule is CCCCN(CC)CCCNC(=O)C1C2CC=CC=C2C(=O)N(C)C1C1=CN(C)C2CCCC[C@H]12. The lowest BCUT2D eigenvalue weighted by atomic mass is 9.67. The molecule has 2 aliphatic heterocycles. The van der Waals surface area contributed by atoms with Crippen LogP contribution in [0.1, 0.15) is 65.2 Å². The number of nitrogens with one attached hydrogen (secondary N) is 1. The van der Waals surface area contributed by atoms with Crippen LogP contribution in [0, 0.1) is 17.8 Å². The van der Waals surface area contributed by atoms with Gasteiger partial charge < -0.3 is 20.0 Å². The van der Waals surface area contributed by atoms with Crippen LogP contribution in [-0.2, 0) is 9.59 Å². The Morgan fingerprint density at radius 2 is 1.89 bits per heavy atom. The molecule has 1 saturated carbocycles. The van der Waals surface area contributed by atoms with Gasteiger partial charge >= 0.3 is 0 Å². The highest BCUT2D eigenvalue weighted by Gasteiger charge is 2.51. The first kappa shape index (κ1) is 26.0. The van der Waals surface area contributed by atoms with Gasteiger partial charge in [0.25, 0.3) is 0 Å². The Bertz CT molecular complexity index is 863. The lowest BCUT2D eigenvalue weighted by Crippen LogP contribution is -2.58. The molecule has 4 aliphatic rings. The zero-order valence-corrected chi connectivity index (χ0v) is 22.3. The Balaban J connectivity index is 1.51. The average molecular weight is 483 g/mol. The summed E-state index contributed by atoms with van der Waals surface area (Å²) in [6.07, 6.45) is 17.3. The van der Waals surface area contributed by atoms with E-state index in [9.17, 15) is 9.59 Å². The molecule has 2 heterocycles. The Morgan fingerprint density at radius 3 is 2.66 bits per heavy atom. The van der Waals surface area contributed by atoms with Gasteiger partial charge in [-0.25, -0.2) is 0 Å². The molecule has 2 fully saturated rings. The number of unbranched alkanes of at least 4 members (excludes halogenated alkanes) is 1. The highest BCUT2D eigenvalue weighted by atomic mass is 16.2. The summed E-state index contributed by atoms with van der Waals surface area (Å²) in [5.41, 5.74) is 2.11. The standard InChI is InChI=1S/C29H46N4O2/c1-5-7-18-33(6-2)19-12-17-30-28(34)26-22-14-8-9-15-23(22)29(35)32(4)27(26)24-20-31(3)25-16-11-10-13-21(24)25/h8-9,15,20-22,25-27H,5-7,10-14,16-19H2,1-4H3,(H,30,34)/t21-,22?,25?,26?,27?/m1/s1.